The van der Waals surface area contributed by atoms with Crippen LogP contribution in [0.1, 0.15) is 23.2 Å². The molecule has 16 heavy (non-hydrogen) atoms. The van der Waals surface area contributed by atoms with Crippen LogP contribution < -0.4 is 5.32 Å². The topological polar surface area (TPSA) is 42.7 Å². The summed E-state index contributed by atoms with van der Waals surface area (Å²) in [6.45, 7) is 0. The van der Waals surface area contributed by atoms with E-state index in [9.17, 15) is 0 Å². The molecule has 0 amide bonds. The molecule has 1 N–H and O–H groups in total. The van der Waals surface area contributed by atoms with Crippen molar-refractivity contribution in [1.82, 2.24) is 19.9 Å². The SMILES string of the molecule is CNC(CCc1nccn1C)c1cncs1. The largest absolute Gasteiger partial charge is 0.338 e. The van der Waals surface area contributed by atoms with Crippen molar-refractivity contribution >= 4 is 11.3 Å². The van der Waals surface area contributed by atoms with E-state index in [1.165, 1.54) is 4.88 Å². The van der Waals surface area contributed by atoms with Gasteiger partial charge in [-0.1, -0.05) is 0 Å². The molecule has 2 aromatic rings. The number of aryl methyl sites for hydroxylation is 2. The minimum atomic E-state index is 0.379. The summed E-state index contributed by atoms with van der Waals surface area (Å²) < 4.78 is 2.07. The number of hydrogen-bond acceptors (Lipinski definition) is 4. The lowest BCUT2D eigenvalue weighted by Crippen LogP contribution is -2.16. The molecule has 0 aliphatic carbocycles. The molecule has 2 rings (SSSR count). The Morgan fingerprint density at radius 3 is 3.00 bits per heavy atom. The first kappa shape index (κ1) is 11.3. The van der Waals surface area contributed by atoms with Crippen LogP contribution in [0, 0.1) is 0 Å². The fraction of sp³-hybridized carbons (Fsp3) is 0.455. The molecule has 86 valence electrons. The molecule has 0 radical (unpaired) electrons. The summed E-state index contributed by atoms with van der Waals surface area (Å²) in [4.78, 5) is 9.73. The Hall–Kier alpha value is -1.20. The van der Waals surface area contributed by atoms with Crippen molar-refractivity contribution in [3.8, 4) is 0 Å². The third-order valence-electron chi connectivity index (χ3n) is 2.72. The van der Waals surface area contributed by atoms with Gasteiger partial charge in [-0.3, -0.25) is 4.98 Å². The van der Waals surface area contributed by atoms with Gasteiger partial charge in [0.2, 0.25) is 0 Å². The predicted octanol–water partition coefficient (Wildman–Crippen LogP) is 1.77. The number of nitrogens with zero attached hydrogens (tertiary/aromatic N) is 3. The lowest BCUT2D eigenvalue weighted by molar-refractivity contribution is 0.543. The summed E-state index contributed by atoms with van der Waals surface area (Å²) >= 11 is 1.70. The minimum absolute atomic E-state index is 0.379. The van der Waals surface area contributed by atoms with Crippen molar-refractivity contribution in [2.45, 2.75) is 18.9 Å². The molecule has 4 nitrogen and oxygen atoms in total. The average Bonchev–Trinajstić information content (AvgIpc) is 2.92. The molecule has 1 unspecified atom stereocenters. The monoisotopic (exact) mass is 236 g/mol. The molecule has 0 saturated carbocycles. The van der Waals surface area contributed by atoms with Crippen molar-refractivity contribution in [2.24, 2.45) is 7.05 Å². The second-order valence-electron chi connectivity index (χ2n) is 3.74. The third kappa shape index (κ3) is 2.48. The first-order chi connectivity index (χ1) is 7.81. The van der Waals surface area contributed by atoms with Crippen molar-refractivity contribution < 1.29 is 0 Å². The molecule has 0 aliphatic rings. The predicted molar refractivity (Wildman–Crippen MR) is 65.4 cm³/mol. The number of nitrogens with one attached hydrogen (secondary N) is 1. The highest BCUT2D eigenvalue weighted by atomic mass is 32.1. The lowest BCUT2D eigenvalue weighted by atomic mass is 10.1. The normalized spacial score (nSPS) is 12.9. The number of hydrogen-bond donors (Lipinski definition) is 1. The van der Waals surface area contributed by atoms with Gasteiger partial charge in [0.25, 0.3) is 0 Å². The zero-order valence-electron chi connectivity index (χ0n) is 9.55. The zero-order chi connectivity index (χ0) is 11.4. The first-order valence-corrected chi connectivity index (χ1v) is 6.21. The van der Waals surface area contributed by atoms with Gasteiger partial charge in [0, 0.05) is 43.0 Å². The maximum absolute atomic E-state index is 4.33. The van der Waals surface area contributed by atoms with E-state index < -0.39 is 0 Å². The van der Waals surface area contributed by atoms with E-state index in [0.29, 0.717) is 6.04 Å². The summed E-state index contributed by atoms with van der Waals surface area (Å²) in [7, 11) is 4.02. The second-order valence-corrected chi connectivity index (χ2v) is 4.66. The van der Waals surface area contributed by atoms with E-state index in [2.05, 4.69) is 19.9 Å². The molecule has 0 aromatic carbocycles. The Kier molecular flexibility index (Phi) is 3.69. The molecule has 0 fully saturated rings. The highest BCUT2D eigenvalue weighted by molar-refractivity contribution is 7.09. The minimum Gasteiger partial charge on any atom is -0.338 e. The van der Waals surface area contributed by atoms with Crippen LogP contribution in [0.25, 0.3) is 0 Å². The van der Waals surface area contributed by atoms with Gasteiger partial charge < -0.3 is 9.88 Å². The van der Waals surface area contributed by atoms with E-state index in [0.717, 1.165) is 18.7 Å². The fourth-order valence-electron chi connectivity index (χ4n) is 1.74. The van der Waals surface area contributed by atoms with Crippen LogP contribution in [0.15, 0.2) is 24.1 Å². The van der Waals surface area contributed by atoms with Gasteiger partial charge in [0.1, 0.15) is 5.82 Å². The molecule has 1 atom stereocenters. The number of thiazole rings is 1. The maximum atomic E-state index is 4.33. The van der Waals surface area contributed by atoms with Crippen LogP contribution in [0.5, 0.6) is 0 Å². The van der Waals surface area contributed by atoms with Gasteiger partial charge in [0.15, 0.2) is 0 Å². The second kappa shape index (κ2) is 5.23. The Labute approximate surface area is 99.4 Å². The van der Waals surface area contributed by atoms with Crippen LogP contribution in [-0.4, -0.2) is 21.6 Å². The van der Waals surface area contributed by atoms with Gasteiger partial charge in [-0.15, -0.1) is 11.3 Å². The van der Waals surface area contributed by atoms with Gasteiger partial charge >= 0.3 is 0 Å². The van der Waals surface area contributed by atoms with E-state index in [-0.39, 0.29) is 0 Å². The molecule has 0 spiro atoms. The first-order valence-electron chi connectivity index (χ1n) is 5.33. The van der Waals surface area contributed by atoms with Crippen molar-refractivity contribution in [3.05, 3.63) is 34.8 Å². The van der Waals surface area contributed by atoms with E-state index >= 15 is 0 Å². The van der Waals surface area contributed by atoms with Crippen LogP contribution in [-0.2, 0) is 13.5 Å². The zero-order valence-corrected chi connectivity index (χ0v) is 10.4. The smallest absolute Gasteiger partial charge is 0.108 e. The Morgan fingerprint density at radius 2 is 2.44 bits per heavy atom. The summed E-state index contributed by atoms with van der Waals surface area (Å²) in [6, 6.07) is 0.379. The van der Waals surface area contributed by atoms with Crippen LogP contribution >= 0.6 is 11.3 Å². The molecule has 0 aliphatic heterocycles. The Balaban J connectivity index is 1.96. The van der Waals surface area contributed by atoms with Crippen molar-refractivity contribution in [2.75, 3.05) is 7.05 Å². The lowest BCUT2D eigenvalue weighted by Gasteiger charge is -2.13. The van der Waals surface area contributed by atoms with Crippen LogP contribution in [0.3, 0.4) is 0 Å². The summed E-state index contributed by atoms with van der Waals surface area (Å²) in [6.07, 6.45) is 7.79. The fourth-order valence-corrected chi connectivity index (χ4v) is 2.50. The molecule has 0 bridgehead atoms. The molecule has 0 saturated heterocycles. The van der Waals surface area contributed by atoms with E-state index in [1.807, 2.05) is 38.2 Å². The molecule has 2 aromatic heterocycles. The highest BCUT2D eigenvalue weighted by Crippen LogP contribution is 2.21. The highest BCUT2D eigenvalue weighted by Gasteiger charge is 2.11. The van der Waals surface area contributed by atoms with Crippen molar-refractivity contribution in [3.63, 3.8) is 0 Å². The summed E-state index contributed by atoms with van der Waals surface area (Å²) in [5.41, 5.74) is 1.88. The molecular weight excluding hydrogens is 220 g/mol. The van der Waals surface area contributed by atoms with Gasteiger partial charge in [0.05, 0.1) is 5.51 Å². The van der Waals surface area contributed by atoms with Crippen LogP contribution in [0.4, 0.5) is 0 Å². The van der Waals surface area contributed by atoms with Gasteiger partial charge in [-0.25, -0.2) is 4.98 Å². The Morgan fingerprint density at radius 1 is 1.56 bits per heavy atom. The van der Waals surface area contributed by atoms with Crippen LogP contribution in [0.2, 0.25) is 0 Å². The number of aromatic nitrogens is 3. The average molecular weight is 236 g/mol. The Bertz CT molecular complexity index is 421. The summed E-state index contributed by atoms with van der Waals surface area (Å²) in [5.74, 6) is 1.13. The third-order valence-corrected chi connectivity index (χ3v) is 3.61. The number of rotatable bonds is 5. The van der Waals surface area contributed by atoms with Crippen molar-refractivity contribution in [1.29, 1.82) is 0 Å². The maximum Gasteiger partial charge on any atom is 0.108 e. The molecule has 5 heteroatoms. The summed E-state index contributed by atoms with van der Waals surface area (Å²) in [5, 5.41) is 3.32. The van der Waals surface area contributed by atoms with Gasteiger partial charge in [-0.2, -0.15) is 0 Å². The quantitative estimate of drug-likeness (QED) is 0.860. The number of imidazole rings is 1. The van der Waals surface area contributed by atoms with E-state index in [1.54, 1.807) is 11.3 Å². The van der Waals surface area contributed by atoms with Gasteiger partial charge in [-0.05, 0) is 13.5 Å². The molecule has 2 heterocycles. The van der Waals surface area contributed by atoms with E-state index in [4.69, 9.17) is 0 Å². The molecular formula is C11H16N4S. The standard InChI is InChI=1S/C11H16N4S/c1-12-9(10-7-13-8-16-10)3-4-11-14-5-6-15(11)2/h5-9,12H,3-4H2,1-2H3.